The van der Waals surface area contributed by atoms with E-state index in [2.05, 4.69) is 13.8 Å². The summed E-state index contributed by atoms with van der Waals surface area (Å²) >= 11 is 0. The number of hydrogen-bond donors (Lipinski definition) is 2. The minimum absolute atomic E-state index is 0. The van der Waals surface area contributed by atoms with E-state index in [1.165, 1.54) is 51.4 Å². The van der Waals surface area contributed by atoms with Gasteiger partial charge in [-0.25, -0.2) is 0 Å². The predicted octanol–water partition coefficient (Wildman–Crippen LogP) is 2.65. The Hall–Kier alpha value is -0.0151. The highest BCUT2D eigenvalue weighted by Gasteiger charge is 1.87. The highest BCUT2D eigenvalue weighted by atomic mass is 16.4. The third-order valence-electron chi connectivity index (χ3n) is 1.96. The van der Waals surface area contributed by atoms with Gasteiger partial charge in [-0.15, -0.1) is 0 Å². The fourth-order valence-corrected chi connectivity index (χ4v) is 1.21. The van der Waals surface area contributed by atoms with Gasteiger partial charge >= 0.3 is 7.69 Å². The first-order chi connectivity index (χ1) is 6.33. The summed E-state index contributed by atoms with van der Waals surface area (Å²) in [5.74, 6) is 0. The van der Waals surface area contributed by atoms with Crippen LogP contribution in [0.25, 0.3) is 0 Å². The smallest absolute Gasteiger partial charge is 0.429 e. The first-order valence-electron chi connectivity index (χ1n) is 5.43. The summed E-state index contributed by atoms with van der Waals surface area (Å²) < 4.78 is 0. The van der Waals surface area contributed by atoms with Gasteiger partial charge in [0.15, 0.2) is 0 Å². The highest BCUT2D eigenvalue weighted by molar-refractivity contribution is 6.13. The van der Waals surface area contributed by atoms with Crippen LogP contribution < -0.4 is 0 Å². The van der Waals surface area contributed by atoms with E-state index in [0.717, 1.165) is 0 Å². The van der Waals surface area contributed by atoms with E-state index in [-0.39, 0.29) is 7.69 Å². The monoisotopic (exact) mass is 187 g/mol. The highest BCUT2D eigenvalue weighted by Crippen LogP contribution is 2.07. The van der Waals surface area contributed by atoms with Gasteiger partial charge < -0.3 is 10.0 Å². The molecule has 0 saturated heterocycles. The van der Waals surface area contributed by atoms with Crippen molar-refractivity contribution in [3.8, 4) is 0 Å². The molecule has 0 aliphatic heterocycles. The molecular weight excluding hydrogens is 163 g/mol. The van der Waals surface area contributed by atoms with Gasteiger partial charge in [-0.1, -0.05) is 65.2 Å². The molecule has 0 aliphatic rings. The third kappa shape index (κ3) is 24.5. The van der Waals surface area contributed by atoms with Crippen LogP contribution in [0.2, 0.25) is 0 Å². The van der Waals surface area contributed by atoms with Crippen LogP contribution in [0.15, 0.2) is 0 Å². The summed E-state index contributed by atoms with van der Waals surface area (Å²) in [5, 5.41) is 14.0. The van der Waals surface area contributed by atoms with E-state index < -0.39 is 0 Å². The maximum atomic E-state index is 7.00. The number of hydrogen-bond acceptors (Lipinski definition) is 2. The molecule has 0 fully saturated rings. The quantitative estimate of drug-likeness (QED) is 0.475. The van der Waals surface area contributed by atoms with E-state index in [4.69, 9.17) is 10.0 Å². The summed E-state index contributed by atoms with van der Waals surface area (Å²) in [6.07, 6.45) is 11.5. The molecule has 3 heteroatoms. The first-order valence-corrected chi connectivity index (χ1v) is 5.43. The minimum Gasteiger partial charge on any atom is -0.429 e. The Morgan fingerprint density at radius 3 is 1.15 bits per heavy atom. The van der Waals surface area contributed by atoms with Gasteiger partial charge in [0, 0.05) is 0 Å². The fourth-order valence-electron chi connectivity index (χ4n) is 1.21. The molecule has 13 heavy (non-hydrogen) atoms. The van der Waals surface area contributed by atoms with Crippen molar-refractivity contribution in [1.29, 1.82) is 0 Å². The van der Waals surface area contributed by atoms with Gasteiger partial charge in [0.25, 0.3) is 0 Å². The number of rotatable bonds is 7. The Morgan fingerprint density at radius 2 is 0.923 bits per heavy atom. The first kappa shape index (κ1) is 15.5. The molecule has 0 atom stereocenters. The molecular formula is C10H24BO2. The molecule has 0 unspecified atom stereocenters. The van der Waals surface area contributed by atoms with E-state index in [1.54, 1.807) is 0 Å². The van der Waals surface area contributed by atoms with E-state index in [0.29, 0.717) is 0 Å². The van der Waals surface area contributed by atoms with Gasteiger partial charge in [0.05, 0.1) is 0 Å². The Kier molecular flexibility index (Phi) is 21.3. The zero-order chi connectivity index (χ0) is 10.4. The van der Waals surface area contributed by atoms with Crippen molar-refractivity contribution in [2.45, 2.75) is 65.2 Å². The van der Waals surface area contributed by atoms with Crippen molar-refractivity contribution in [1.82, 2.24) is 0 Å². The molecule has 1 radical (unpaired) electrons. The molecule has 2 nitrogen and oxygen atoms in total. The van der Waals surface area contributed by atoms with Crippen molar-refractivity contribution in [2.75, 3.05) is 0 Å². The average Bonchev–Trinajstić information content (AvgIpc) is 2.13. The summed E-state index contributed by atoms with van der Waals surface area (Å²) in [6, 6.07) is 0. The normalized spacial score (nSPS) is 8.92. The average molecular weight is 187 g/mol. The minimum atomic E-state index is 0. The molecule has 79 valence electrons. The van der Waals surface area contributed by atoms with E-state index >= 15 is 0 Å². The summed E-state index contributed by atoms with van der Waals surface area (Å²) in [7, 11) is 0. The molecule has 0 saturated carbocycles. The SMILES string of the molecule is CCCCCCCCCC.O[B]O. The molecule has 2 N–H and O–H groups in total. The molecule has 0 aromatic rings. The summed E-state index contributed by atoms with van der Waals surface area (Å²) in [6.45, 7) is 4.54. The molecule has 0 aromatic heterocycles. The van der Waals surface area contributed by atoms with Crippen LogP contribution in [-0.2, 0) is 0 Å². The molecule has 0 heterocycles. The van der Waals surface area contributed by atoms with Crippen molar-refractivity contribution < 1.29 is 10.0 Å². The van der Waals surface area contributed by atoms with Crippen LogP contribution in [0.1, 0.15) is 65.2 Å². The predicted molar refractivity (Wildman–Crippen MR) is 58.5 cm³/mol. The maximum Gasteiger partial charge on any atom is 0.482 e. The van der Waals surface area contributed by atoms with Crippen LogP contribution in [0.5, 0.6) is 0 Å². The van der Waals surface area contributed by atoms with Gasteiger partial charge in [0.1, 0.15) is 0 Å². The molecule has 0 aliphatic carbocycles. The Morgan fingerprint density at radius 1 is 0.692 bits per heavy atom. The lowest BCUT2D eigenvalue weighted by atomic mass is 10.1. The molecule has 0 spiro atoms. The van der Waals surface area contributed by atoms with Crippen LogP contribution in [0.3, 0.4) is 0 Å². The lowest BCUT2D eigenvalue weighted by Gasteiger charge is -1.97. The molecule has 0 amide bonds. The largest absolute Gasteiger partial charge is 0.482 e. The topological polar surface area (TPSA) is 40.5 Å². The van der Waals surface area contributed by atoms with Crippen LogP contribution in [-0.4, -0.2) is 17.7 Å². The summed E-state index contributed by atoms with van der Waals surface area (Å²) in [5.41, 5.74) is 0. The van der Waals surface area contributed by atoms with Crippen molar-refractivity contribution in [2.24, 2.45) is 0 Å². The molecule has 0 aromatic carbocycles. The zero-order valence-corrected chi connectivity index (χ0v) is 9.13. The van der Waals surface area contributed by atoms with Crippen molar-refractivity contribution >= 4 is 7.69 Å². The lowest BCUT2D eigenvalue weighted by Crippen LogP contribution is -1.77. The van der Waals surface area contributed by atoms with Gasteiger partial charge in [-0.05, 0) is 0 Å². The van der Waals surface area contributed by atoms with Gasteiger partial charge in [-0.3, -0.25) is 0 Å². The van der Waals surface area contributed by atoms with E-state index in [9.17, 15) is 0 Å². The second kappa shape index (κ2) is 17.9. The fraction of sp³-hybridized carbons (Fsp3) is 1.00. The van der Waals surface area contributed by atoms with Crippen LogP contribution in [0, 0.1) is 0 Å². The number of unbranched alkanes of at least 4 members (excludes halogenated alkanes) is 7. The zero-order valence-electron chi connectivity index (χ0n) is 9.13. The van der Waals surface area contributed by atoms with Crippen LogP contribution >= 0.6 is 0 Å². The molecule has 0 rings (SSSR count). The maximum absolute atomic E-state index is 7.00. The second-order valence-corrected chi connectivity index (χ2v) is 3.24. The van der Waals surface area contributed by atoms with Gasteiger partial charge in [-0.2, -0.15) is 0 Å². The lowest BCUT2D eigenvalue weighted by molar-refractivity contribution is 0.448. The van der Waals surface area contributed by atoms with E-state index in [1.807, 2.05) is 0 Å². The van der Waals surface area contributed by atoms with Crippen molar-refractivity contribution in [3.05, 3.63) is 0 Å². The standard InChI is InChI=1S/C10H22.BH2O2/c1-3-5-7-9-10-8-6-4-2;2-1-3/h3-10H2,1-2H3;2-3H. The second-order valence-electron chi connectivity index (χ2n) is 3.24. The summed E-state index contributed by atoms with van der Waals surface area (Å²) in [4.78, 5) is 0. The Balaban J connectivity index is 0. The third-order valence-corrected chi connectivity index (χ3v) is 1.96. The van der Waals surface area contributed by atoms with Crippen LogP contribution in [0.4, 0.5) is 0 Å². The Labute approximate surface area is 83.7 Å². The van der Waals surface area contributed by atoms with Crippen molar-refractivity contribution in [3.63, 3.8) is 0 Å². The van der Waals surface area contributed by atoms with Gasteiger partial charge in [0.2, 0.25) is 0 Å². The molecule has 0 bridgehead atoms. The Bertz CT molecular complexity index is 61.9.